The Bertz CT molecular complexity index is 513. The van der Waals surface area contributed by atoms with Crippen LogP contribution in [0.15, 0.2) is 30.3 Å². The minimum absolute atomic E-state index is 0.0299. The van der Waals surface area contributed by atoms with Crippen LogP contribution in [-0.4, -0.2) is 55.9 Å². The summed E-state index contributed by atoms with van der Waals surface area (Å²) in [6.07, 6.45) is 3.33. The van der Waals surface area contributed by atoms with Gasteiger partial charge in [0.05, 0.1) is 18.6 Å². The number of rotatable bonds is 5. The van der Waals surface area contributed by atoms with E-state index in [1.807, 2.05) is 35.2 Å². The molecule has 1 aromatic carbocycles. The number of methoxy groups -OCH3 is 1. The molecule has 5 nitrogen and oxygen atoms in total. The Labute approximate surface area is 137 Å². The average Bonchev–Trinajstić information content (AvgIpc) is 3.05. The zero-order chi connectivity index (χ0) is 16.1. The van der Waals surface area contributed by atoms with Gasteiger partial charge in [-0.3, -0.25) is 4.79 Å². The van der Waals surface area contributed by atoms with Gasteiger partial charge < -0.3 is 19.1 Å². The summed E-state index contributed by atoms with van der Waals surface area (Å²) >= 11 is 0. The van der Waals surface area contributed by atoms with Crippen molar-refractivity contribution in [3.8, 4) is 5.75 Å². The van der Waals surface area contributed by atoms with E-state index in [0.717, 1.165) is 38.2 Å². The number of para-hydroxylation sites is 1. The minimum Gasteiger partial charge on any atom is -0.493 e. The van der Waals surface area contributed by atoms with E-state index in [1.165, 1.54) is 0 Å². The quantitative estimate of drug-likeness (QED) is 0.835. The molecule has 2 aliphatic rings. The van der Waals surface area contributed by atoms with Crippen LogP contribution in [0.3, 0.4) is 0 Å². The molecule has 2 saturated heterocycles. The van der Waals surface area contributed by atoms with Gasteiger partial charge in [-0.05, 0) is 31.4 Å². The lowest BCUT2D eigenvalue weighted by atomic mass is 9.85. The van der Waals surface area contributed by atoms with Crippen LogP contribution in [-0.2, 0) is 14.3 Å². The second-order valence-corrected chi connectivity index (χ2v) is 6.24. The van der Waals surface area contributed by atoms with Crippen molar-refractivity contribution >= 4 is 5.91 Å². The SMILES string of the molecule is CO[C@H]1CN(C(=O)CCOc2ccccc2)CC[C@@]12CCCO2. The Morgan fingerprint density at radius 3 is 2.87 bits per heavy atom. The molecular weight excluding hydrogens is 294 g/mol. The molecule has 1 amide bonds. The molecule has 0 unspecified atom stereocenters. The van der Waals surface area contributed by atoms with Crippen molar-refractivity contribution in [2.45, 2.75) is 37.4 Å². The van der Waals surface area contributed by atoms with Crippen LogP contribution in [0.5, 0.6) is 5.75 Å². The Balaban J connectivity index is 1.48. The number of nitrogens with zero attached hydrogens (tertiary/aromatic N) is 1. The molecule has 23 heavy (non-hydrogen) atoms. The minimum atomic E-state index is -0.175. The highest BCUT2D eigenvalue weighted by molar-refractivity contribution is 5.76. The van der Waals surface area contributed by atoms with Gasteiger partial charge in [0.2, 0.25) is 5.91 Å². The van der Waals surface area contributed by atoms with Crippen LogP contribution in [0.1, 0.15) is 25.7 Å². The van der Waals surface area contributed by atoms with E-state index in [-0.39, 0.29) is 17.6 Å². The fourth-order valence-corrected chi connectivity index (χ4v) is 3.56. The highest BCUT2D eigenvalue weighted by atomic mass is 16.6. The number of carbonyl (C=O) groups is 1. The van der Waals surface area contributed by atoms with E-state index in [0.29, 0.717) is 19.6 Å². The van der Waals surface area contributed by atoms with Crippen LogP contribution < -0.4 is 4.74 Å². The number of benzene rings is 1. The second-order valence-electron chi connectivity index (χ2n) is 6.24. The van der Waals surface area contributed by atoms with E-state index in [4.69, 9.17) is 14.2 Å². The fraction of sp³-hybridized carbons (Fsp3) is 0.611. The molecule has 0 radical (unpaired) electrons. The lowest BCUT2D eigenvalue weighted by Gasteiger charge is -2.44. The smallest absolute Gasteiger partial charge is 0.226 e. The third-order valence-electron chi connectivity index (χ3n) is 4.88. The van der Waals surface area contributed by atoms with Gasteiger partial charge in [-0.25, -0.2) is 0 Å². The Morgan fingerprint density at radius 2 is 2.17 bits per heavy atom. The molecular formula is C18H25NO4. The molecule has 2 atom stereocenters. The molecule has 0 aromatic heterocycles. The van der Waals surface area contributed by atoms with Gasteiger partial charge in [-0.2, -0.15) is 0 Å². The average molecular weight is 319 g/mol. The predicted molar refractivity (Wildman–Crippen MR) is 86.5 cm³/mol. The van der Waals surface area contributed by atoms with Crippen molar-refractivity contribution in [3.63, 3.8) is 0 Å². The van der Waals surface area contributed by atoms with Crippen molar-refractivity contribution in [2.24, 2.45) is 0 Å². The van der Waals surface area contributed by atoms with Gasteiger partial charge in [0.25, 0.3) is 0 Å². The number of ether oxygens (including phenoxy) is 3. The largest absolute Gasteiger partial charge is 0.493 e. The predicted octanol–water partition coefficient (Wildman–Crippen LogP) is 2.25. The molecule has 1 spiro atoms. The monoisotopic (exact) mass is 319 g/mol. The maximum Gasteiger partial charge on any atom is 0.226 e. The van der Waals surface area contributed by atoms with Crippen molar-refractivity contribution in [3.05, 3.63) is 30.3 Å². The number of amides is 1. The van der Waals surface area contributed by atoms with Crippen LogP contribution in [0, 0.1) is 0 Å². The molecule has 126 valence electrons. The first-order chi connectivity index (χ1) is 11.2. The topological polar surface area (TPSA) is 48.0 Å². The number of piperidine rings is 1. The molecule has 0 N–H and O–H groups in total. The number of likely N-dealkylation sites (tertiary alicyclic amines) is 1. The Morgan fingerprint density at radius 1 is 1.35 bits per heavy atom. The zero-order valence-corrected chi connectivity index (χ0v) is 13.7. The van der Waals surface area contributed by atoms with Crippen molar-refractivity contribution < 1.29 is 19.0 Å². The van der Waals surface area contributed by atoms with E-state index in [9.17, 15) is 4.79 Å². The van der Waals surface area contributed by atoms with Crippen molar-refractivity contribution in [1.29, 1.82) is 0 Å². The van der Waals surface area contributed by atoms with E-state index in [1.54, 1.807) is 7.11 Å². The van der Waals surface area contributed by atoms with Crippen molar-refractivity contribution in [1.82, 2.24) is 4.90 Å². The fourth-order valence-electron chi connectivity index (χ4n) is 3.56. The van der Waals surface area contributed by atoms with Crippen LogP contribution in [0.25, 0.3) is 0 Å². The Hall–Kier alpha value is -1.59. The van der Waals surface area contributed by atoms with Gasteiger partial charge in [0, 0.05) is 26.8 Å². The van der Waals surface area contributed by atoms with Gasteiger partial charge in [0.1, 0.15) is 11.9 Å². The highest BCUT2D eigenvalue weighted by Gasteiger charge is 2.47. The van der Waals surface area contributed by atoms with E-state index in [2.05, 4.69) is 0 Å². The molecule has 3 rings (SSSR count). The summed E-state index contributed by atoms with van der Waals surface area (Å²) in [7, 11) is 1.71. The number of hydrogen-bond acceptors (Lipinski definition) is 4. The van der Waals surface area contributed by atoms with Crippen LogP contribution in [0.2, 0.25) is 0 Å². The normalized spacial score (nSPS) is 27.3. The maximum absolute atomic E-state index is 12.4. The molecule has 0 aliphatic carbocycles. The summed E-state index contributed by atoms with van der Waals surface area (Å²) in [6.45, 7) is 2.56. The summed E-state index contributed by atoms with van der Waals surface area (Å²) in [5, 5.41) is 0. The summed E-state index contributed by atoms with van der Waals surface area (Å²) in [5.74, 6) is 0.919. The summed E-state index contributed by atoms with van der Waals surface area (Å²) < 4.78 is 17.2. The maximum atomic E-state index is 12.4. The molecule has 0 saturated carbocycles. The molecule has 1 aromatic rings. The summed E-state index contributed by atoms with van der Waals surface area (Å²) in [5.41, 5.74) is -0.175. The molecule has 2 fully saturated rings. The van der Waals surface area contributed by atoms with Gasteiger partial charge in [0.15, 0.2) is 0 Å². The standard InChI is InChI=1S/C18H25NO4/c1-21-16-14-19(11-10-18(16)9-5-12-23-18)17(20)8-13-22-15-6-3-2-4-7-15/h2-4,6-7,16H,5,8-14H2,1H3/t16-,18-/m0/s1. The molecule has 2 aliphatic heterocycles. The van der Waals surface area contributed by atoms with Gasteiger partial charge in [-0.15, -0.1) is 0 Å². The number of hydrogen-bond donors (Lipinski definition) is 0. The third kappa shape index (κ3) is 3.67. The third-order valence-corrected chi connectivity index (χ3v) is 4.88. The second kappa shape index (κ2) is 7.32. The van der Waals surface area contributed by atoms with Gasteiger partial charge >= 0.3 is 0 Å². The first-order valence-electron chi connectivity index (χ1n) is 8.36. The van der Waals surface area contributed by atoms with E-state index < -0.39 is 0 Å². The lowest BCUT2D eigenvalue weighted by molar-refractivity contribution is -0.158. The van der Waals surface area contributed by atoms with Crippen molar-refractivity contribution in [2.75, 3.05) is 33.4 Å². The summed E-state index contributed by atoms with van der Waals surface area (Å²) in [6, 6.07) is 9.58. The highest BCUT2D eigenvalue weighted by Crippen LogP contribution is 2.37. The zero-order valence-electron chi connectivity index (χ0n) is 13.7. The lowest BCUT2D eigenvalue weighted by Crippen LogP contribution is -2.57. The van der Waals surface area contributed by atoms with Crippen LogP contribution in [0.4, 0.5) is 0 Å². The Kier molecular flexibility index (Phi) is 5.18. The van der Waals surface area contributed by atoms with Gasteiger partial charge in [-0.1, -0.05) is 18.2 Å². The van der Waals surface area contributed by atoms with E-state index >= 15 is 0 Å². The molecule has 2 heterocycles. The summed E-state index contributed by atoms with van der Waals surface area (Å²) in [4.78, 5) is 14.3. The van der Waals surface area contributed by atoms with Crippen LogP contribution >= 0.6 is 0 Å². The first-order valence-corrected chi connectivity index (χ1v) is 8.36. The molecule has 0 bridgehead atoms. The molecule has 5 heteroatoms. The number of carbonyl (C=O) groups excluding carboxylic acids is 1. The first kappa shape index (κ1) is 16.3.